The first kappa shape index (κ1) is 42.5. The summed E-state index contributed by atoms with van der Waals surface area (Å²) in [6, 6.07) is 28.7. The van der Waals surface area contributed by atoms with Gasteiger partial charge in [0.25, 0.3) is 0 Å². The molecule has 0 aliphatic carbocycles. The van der Waals surface area contributed by atoms with Crippen molar-refractivity contribution in [1.29, 1.82) is 0 Å². The van der Waals surface area contributed by atoms with Crippen LogP contribution in [0.15, 0.2) is 94.7 Å². The van der Waals surface area contributed by atoms with Gasteiger partial charge in [-0.3, -0.25) is 0 Å². The zero-order valence-electron chi connectivity index (χ0n) is 34.3. The fraction of sp³-hybridized carbons (Fsp3) is 0.478. The average Bonchev–Trinajstić information content (AvgIpc) is 3.04. The number of benzene rings is 4. The highest BCUT2D eigenvalue weighted by molar-refractivity contribution is 8.18. The molecule has 0 fully saturated rings. The number of hydrogen-bond donors (Lipinski definition) is 1. The number of thioether (sulfide) groups is 2. The van der Waals surface area contributed by atoms with Gasteiger partial charge in [0.1, 0.15) is 23.0 Å². The van der Waals surface area contributed by atoms with Crippen molar-refractivity contribution in [3.05, 3.63) is 107 Å². The minimum Gasteiger partial charge on any atom is -0.458 e. The molecule has 0 atom stereocenters. The van der Waals surface area contributed by atoms with Gasteiger partial charge in [0.15, 0.2) is 0 Å². The Hall–Kier alpha value is -3.26. The molecule has 5 nitrogen and oxygen atoms in total. The molecule has 0 aliphatic heterocycles. The summed E-state index contributed by atoms with van der Waals surface area (Å²) in [5.74, 6) is 3.27. The molecule has 0 saturated heterocycles. The monoisotopic (exact) mass is 758 g/mol. The van der Waals surface area contributed by atoms with Crippen LogP contribution in [-0.2, 0) is 21.7 Å². The van der Waals surface area contributed by atoms with Crippen molar-refractivity contribution >= 4 is 23.5 Å². The van der Waals surface area contributed by atoms with Crippen LogP contribution in [0.2, 0.25) is 0 Å². The second-order valence-corrected chi connectivity index (χ2v) is 21.5. The maximum Gasteiger partial charge on any atom is 0.230 e. The number of rotatable bonds is 15. The third kappa shape index (κ3) is 11.9. The topological polar surface area (TPSA) is 57.2 Å². The minimum atomic E-state index is -0.339. The van der Waals surface area contributed by atoms with Gasteiger partial charge in [0.05, 0.1) is 4.08 Å². The second-order valence-electron chi connectivity index (χ2n) is 17.8. The van der Waals surface area contributed by atoms with E-state index in [1.165, 1.54) is 4.90 Å². The smallest absolute Gasteiger partial charge is 0.230 e. The molecule has 1 N–H and O–H groups in total. The molecule has 4 aromatic carbocycles. The van der Waals surface area contributed by atoms with Gasteiger partial charge in [-0.1, -0.05) is 113 Å². The first-order valence-corrected chi connectivity index (χ1v) is 20.2. The molecule has 288 valence electrons. The Morgan fingerprint density at radius 3 is 1.15 bits per heavy atom. The van der Waals surface area contributed by atoms with Crippen LogP contribution in [0.3, 0.4) is 0 Å². The standard InChI is InChI=1S/C46H62O5S2/c1-42(2,3)36-26-34(27-37(43(4,5)6)40(36)50-30-48-32-20-16-14-17-21-32)52-46(12,13)53-35-28-38(44(7,8)9)41(39(29-35)45(10,11)24-25-47)51-31-49-33-22-18-15-19-23-33/h14-23,26-29,47H,24-25,30-31H2,1-13H3. The fourth-order valence-electron chi connectivity index (χ4n) is 6.16. The zero-order valence-corrected chi connectivity index (χ0v) is 35.9. The summed E-state index contributed by atoms with van der Waals surface area (Å²) >= 11 is 3.72. The first-order chi connectivity index (χ1) is 24.6. The van der Waals surface area contributed by atoms with Crippen molar-refractivity contribution in [2.24, 2.45) is 0 Å². The quantitative estimate of drug-likeness (QED) is 0.0957. The lowest BCUT2D eigenvalue weighted by Crippen LogP contribution is -2.24. The van der Waals surface area contributed by atoms with Crippen molar-refractivity contribution in [2.45, 2.75) is 132 Å². The third-order valence-corrected chi connectivity index (χ3v) is 11.5. The largest absolute Gasteiger partial charge is 0.458 e. The van der Waals surface area contributed by atoms with Gasteiger partial charge in [-0.2, -0.15) is 0 Å². The van der Waals surface area contributed by atoms with Gasteiger partial charge in [0, 0.05) is 38.7 Å². The molecule has 0 heterocycles. The zero-order chi connectivity index (χ0) is 39.2. The van der Waals surface area contributed by atoms with Crippen LogP contribution in [0.1, 0.15) is 119 Å². The van der Waals surface area contributed by atoms with Gasteiger partial charge in [-0.15, -0.1) is 23.5 Å². The first-order valence-electron chi connectivity index (χ1n) is 18.6. The summed E-state index contributed by atoms with van der Waals surface area (Å²) < 4.78 is 24.8. The van der Waals surface area contributed by atoms with Crippen molar-refractivity contribution in [1.82, 2.24) is 0 Å². The van der Waals surface area contributed by atoms with E-state index >= 15 is 0 Å². The van der Waals surface area contributed by atoms with Crippen molar-refractivity contribution in [3.8, 4) is 23.0 Å². The Morgan fingerprint density at radius 2 is 0.811 bits per heavy atom. The van der Waals surface area contributed by atoms with E-state index in [2.05, 4.69) is 114 Å². The Balaban J connectivity index is 1.71. The van der Waals surface area contributed by atoms with E-state index in [1.54, 1.807) is 0 Å². The summed E-state index contributed by atoms with van der Waals surface area (Å²) in [4.78, 5) is 2.36. The molecule has 0 spiro atoms. The molecule has 7 heteroatoms. The van der Waals surface area contributed by atoms with E-state index < -0.39 is 0 Å². The maximum absolute atomic E-state index is 10.1. The van der Waals surface area contributed by atoms with E-state index in [-0.39, 0.29) is 45.9 Å². The minimum absolute atomic E-state index is 0.0842. The Kier molecular flexibility index (Phi) is 13.7. The number of para-hydroxylation sites is 2. The lowest BCUT2D eigenvalue weighted by Gasteiger charge is -2.34. The molecule has 0 unspecified atom stereocenters. The second kappa shape index (κ2) is 17.0. The van der Waals surface area contributed by atoms with Crippen LogP contribution in [0.4, 0.5) is 0 Å². The van der Waals surface area contributed by atoms with Crippen LogP contribution < -0.4 is 18.9 Å². The lowest BCUT2D eigenvalue weighted by molar-refractivity contribution is 0.114. The number of aliphatic hydroxyl groups is 1. The van der Waals surface area contributed by atoms with Gasteiger partial charge in [-0.05, 0) is 90.5 Å². The predicted octanol–water partition coefficient (Wildman–Crippen LogP) is 12.7. The summed E-state index contributed by atoms with van der Waals surface area (Å²) in [6.45, 7) is 29.4. The molecule has 4 aromatic rings. The fourth-order valence-corrected chi connectivity index (χ4v) is 8.74. The number of hydrogen-bond acceptors (Lipinski definition) is 7. The number of ether oxygens (including phenoxy) is 4. The lowest BCUT2D eigenvalue weighted by atomic mass is 9.77. The third-order valence-electron chi connectivity index (χ3n) is 9.09. The van der Waals surface area contributed by atoms with E-state index in [1.807, 2.05) is 84.2 Å². The number of aliphatic hydroxyl groups excluding tert-OH is 1. The molecule has 53 heavy (non-hydrogen) atoms. The van der Waals surface area contributed by atoms with Gasteiger partial charge in [-0.25, -0.2) is 0 Å². The van der Waals surface area contributed by atoms with E-state index in [9.17, 15) is 5.11 Å². The SMILES string of the molecule is CC(C)(Sc1cc(C(C)(C)C)c(OCOc2ccccc2)c(C(C)(C)C)c1)Sc1cc(C(C)(C)C)c(OCOc2ccccc2)c(C(C)(C)CCO)c1. The molecule has 0 amide bonds. The molecule has 0 radical (unpaired) electrons. The highest BCUT2D eigenvalue weighted by atomic mass is 32.2. The Morgan fingerprint density at radius 1 is 0.472 bits per heavy atom. The van der Waals surface area contributed by atoms with Gasteiger partial charge in [0.2, 0.25) is 13.6 Å². The van der Waals surface area contributed by atoms with Gasteiger partial charge < -0.3 is 24.1 Å². The molecule has 0 aromatic heterocycles. The highest BCUT2D eigenvalue weighted by Crippen LogP contribution is 2.51. The van der Waals surface area contributed by atoms with Crippen molar-refractivity contribution in [3.63, 3.8) is 0 Å². The molecule has 4 rings (SSSR count). The van der Waals surface area contributed by atoms with Crippen LogP contribution in [0.5, 0.6) is 23.0 Å². The predicted molar refractivity (Wildman–Crippen MR) is 225 cm³/mol. The van der Waals surface area contributed by atoms with Crippen LogP contribution >= 0.6 is 23.5 Å². The molecule has 0 aliphatic rings. The molecule has 0 saturated carbocycles. The van der Waals surface area contributed by atoms with E-state index in [0.717, 1.165) is 50.1 Å². The normalized spacial score (nSPS) is 12.8. The van der Waals surface area contributed by atoms with Crippen LogP contribution in [0.25, 0.3) is 0 Å². The van der Waals surface area contributed by atoms with Crippen molar-refractivity contribution in [2.75, 3.05) is 20.2 Å². The van der Waals surface area contributed by atoms with Crippen molar-refractivity contribution < 1.29 is 24.1 Å². The van der Waals surface area contributed by atoms with Crippen LogP contribution in [0, 0.1) is 0 Å². The molecular weight excluding hydrogens is 697 g/mol. The summed E-state index contributed by atoms with van der Waals surface area (Å²) in [5, 5.41) is 10.1. The Bertz CT molecular complexity index is 1740. The average molecular weight is 759 g/mol. The van der Waals surface area contributed by atoms with E-state index in [4.69, 9.17) is 18.9 Å². The highest BCUT2D eigenvalue weighted by Gasteiger charge is 2.34. The summed E-state index contributed by atoms with van der Waals surface area (Å²) in [6.07, 6.45) is 0.606. The molecule has 0 bridgehead atoms. The van der Waals surface area contributed by atoms with E-state index in [0.29, 0.717) is 6.42 Å². The Labute approximate surface area is 328 Å². The van der Waals surface area contributed by atoms with Gasteiger partial charge >= 0.3 is 0 Å². The molecular formula is C46H62O5S2. The summed E-state index contributed by atoms with van der Waals surface area (Å²) in [5.41, 5.74) is 3.64. The maximum atomic E-state index is 10.1. The van der Waals surface area contributed by atoms with Crippen LogP contribution in [-0.4, -0.2) is 29.4 Å². The summed E-state index contributed by atoms with van der Waals surface area (Å²) in [7, 11) is 0.